The van der Waals surface area contributed by atoms with Crippen LogP contribution in [0.1, 0.15) is 0 Å². The molecule has 0 bridgehead atoms. The van der Waals surface area contributed by atoms with Crippen LogP contribution < -0.4 is 4.90 Å². The molecule has 0 aliphatic heterocycles. The van der Waals surface area contributed by atoms with Gasteiger partial charge in [-0.3, -0.25) is 4.98 Å². The first kappa shape index (κ1) is 11.7. The third-order valence-electron chi connectivity index (χ3n) is 3.34. The molecule has 0 saturated heterocycles. The zero-order valence-electron chi connectivity index (χ0n) is 11.2. The van der Waals surface area contributed by atoms with E-state index in [1.165, 1.54) is 22.4 Å². The van der Waals surface area contributed by atoms with E-state index in [0.29, 0.717) is 0 Å². The van der Waals surface area contributed by atoms with Crippen LogP contribution >= 0.6 is 0 Å². The number of fused-ring (bicyclic) bond motifs is 1. The fourth-order valence-corrected chi connectivity index (χ4v) is 2.28. The van der Waals surface area contributed by atoms with Gasteiger partial charge in [0.25, 0.3) is 0 Å². The minimum Gasteiger partial charge on any atom is -0.378 e. The van der Waals surface area contributed by atoms with Gasteiger partial charge in [0.1, 0.15) is 0 Å². The molecule has 94 valence electrons. The topological polar surface area (TPSA) is 16.1 Å². The van der Waals surface area contributed by atoms with Crippen LogP contribution in [0.4, 0.5) is 5.69 Å². The molecule has 2 aliphatic rings. The first-order valence-corrected chi connectivity index (χ1v) is 6.37. The van der Waals surface area contributed by atoms with E-state index in [9.17, 15) is 0 Å². The molecule has 0 fully saturated rings. The molecular formula is C17H16N2. The van der Waals surface area contributed by atoms with Gasteiger partial charge in [-0.2, -0.15) is 0 Å². The second-order valence-corrected chi connectivity index (χ2v) is 4.82. The van der Waals surface area contributed by atoms with E-state index >= 15 is 0 Å². The maximum Gasteiger partial charge on any atom is 0.0708 e. The zero-order chi connectivity index (χ0) is 13.2. The Morgan fingerprint density at radius 3 is 2.26 bits per heavy atom. The Morgan fingerprint density at radius 1 is 0.789 bits per heavy atom. The summed E-state index contributed by atoms with van der Waals surface area (Å²) in [6, 6.07) is 18.9. The van der Waals surface area contributed by atoms with Crippen LogP contribution in [0.2, 0.25) is 0 Å². The van der Waals surface area contributed by atoms with Crippen molar-refractivity contribution < 1.29 is 0 Å². The summed E-state index contributed by atoms with van der Waals surface area (Å²) in [5, 5.41) is 0. The van der Waals surface area contributed by atoms with Gasteiger partial charge in [0.2, 0.25) is 0 Å². The number of hydrogen-bond acceptors (Lipinski definition) is 2. The molecule has 2 nitrogen and oxygen atoms in total. The van der Waals surface area contributed by atoms with Crippen molar-refractivity contribution in [1.29, 1.82) is 0 Å². The van der Waals surface area contributed by atoms with Crippen molar-refractivity contribution in [1.82, 2.24) is 4.98 Å². The van der Waals surface area contributed by atoms with Crippen LogP contribution in [-0.4, -0.2) is 19.1 Å². The molecule has 0 amide bonds. The van der Waals surface area contributed by atoms with Gasteiger partial charge in [-0.25, -0.2) is 0 Å². The third kappa shape index (κ3) is 2.17. The lowest BCUT2D eigenvalue weighted by atomic mass is 10.1. The lowest BCUT2D eigenvalue weighted by molar-refractivity contribution is 1.14. The number of nitrogens with zero attached hydrogens (tertiary/aromatic N) is 2. The van der Waals surface area contributed by atoms with Gasteiger partial charge in [-0.15, -0.1) is 0 Å². The lowest BCUT2D eigenvalue weighted by Crippen LogP contribution is -2.07. The summed E-state index contributed by atoms with van der Waals surface area (Å²) in [5.41, 5.74) is 5.90. The summed E-state index contributed by atoms with van der Waals surface area (Å²) in [5.74, 6) is 0. The molecular weight excluding hydrogens is 232 g/mol. The monoisotopic (exact) mass is 248 g/mol. The molecule has 0 unspecified atom stereocenters. The first-order chi connectivity index (χ1) is 9.25. The highest BCUT2D eigenvalue weighted by molar-refractivity contribution is 5.85. The molecule has 2 aliphatic carbocycles. The van der Waals surface area contributed by atoms with Crippen molar-refractivity contribution in [2.24, 2.45) is 0 Å². The third-order valence-corrected chi connectivity index (χ3v) is 3.34. The smallest absolute Gasteiger partial charge is 0.0708 e. The van der Waals surface area contributed by atoms with Crippen LogP contribution in [0.15, 0.2) is 60.8 Å². The summed E-state index contributed by atoms with van der Waals surface area (Å²) in [6.07, 6.45) is 1.84. The van der Waals surface area contributed by atoms with Crippen LogP contribution in [0, 0.1) is 0 Å². The van der Waals surface area contributed by atoms with E-state index in [-0.39, 0.29) is 0 Å². The normalized spacial score (nSPS) is 10.6. The van der Waals surface area contributed by atoms with Crippen LogP contribution in [0.25, 0.3) is 22.4 Å². The molecule has 0 atom stereocenters. The Bertz CT molecular complexity index is 659. The molecule has 1 aromatic heterocycles. The second-order valence-electron chi connectivity index (χ2n) is 4.82. The Morgan fingerprint density at radius 2 is 1.53 bits per heavy atom. The quantitative estimate of drug-likeness (QED) is 0.683. The van der Waals surface area contributed by atoms with Crippen molar-refractivity contribution in [3.8, 4) is 22.4 Å². The van der Waals surface area contributed by atoms with Crippen molar-refractivity contribution in [3.63, 3.8) is 0 Å². The van der Waals surface area contributed by atoms with Gasteiger partial charge < -0.3 is 4.90 Å². The van der Waals surface area contributed by atoms with Gasteiger partial charge in [0.15, 0.2) is 0 Å². The van der Waals surface area contributed by atoms with Gasteiger partial charge in [-0.05, 0) is 35.4 Å². The van der Waals surface area contributed by atoms with E-state index in [1.54, 1.807) is 0 Å². The molecule has 19 heavy (non-hydrogen) atoms. The Hall–Kier alpha value is -2.35. The molecule has 1 heterocycles. The van der Waals surface area contributed by atoms with Gasteiger partial charge >= 0.3 is 0 Å². The van der Waals surface area contributed by atoms with Gasteiger partial charge in [-0.1, -0.05) is 30.3 Å². The number of rotatable bonds is 2. The summed E-state index contributed by atoms with van der Waals surface area (Å²) in [6.45, 7) is 0. The van der Waals surface area contributed by atoms with Crippen LogP contribution in [0.5, 0.6) is 0 Å². The van der Waals surface area contributed by atoms with Crippen molar-refractivity contribution in [2.45, 2.75) is 0 Å². The van der Waals surface area contributed by atoms with Gasteiger partial charge in [0, 0.05) is 31.5 Å². The molecule has 2 heteroatoms. The zero-order valence-corrected chi connectivity index (χ0v) is 11.2. The minimum absolute atomic E-state index is 1.02. The molecule has 0 spiro atoms. The van der Waals surface area contributed by atoms with Crippen LogP contribution in [-0.2, 0) is 0 Å². The fourth-order valence-electron chi connectivity index (χ4n) is 2.28. The van der Waals surface area contributed by atoms with Crippen LogP contribution in [0.3, 0.4) is 0 Å². The number of hydrogen-bond donors (Lipinski definition) is 0. The maximum absolute atomic E-state index is 4.44. The maximum atomic E-state index is 4.44. The lowest BCUT2D eigenvalue weighted by Gasteiger charge is -2.09. The van der Waals surface area contributed by atoms with E-state index in [1.807, 2.05) is 18.3 Å². The number of pyridine rings is 1. The SMILES string of the molecule is CN(C)c1ccc2ccc(-c3ccccn3)c-2cc1. The van der Waals surface area contributed by atoms with Crippen molar-refractivity contribution >= 4 is 5.69 Å². The summed E-state index contributed by atoms with van der Waals surface area (Å²) < 4.78 is 0. The molecule has 0 N–H and O–H groups in total. The Kier molecular flexibility index (Phi) is 2.92. The average molecular weight is 248 g/mol. The minimum atomic E-state index is 1.02. The van der Waals surface area contributed by atoms with E-state index < -0.39 is 0 Å². The molecule has 3 rings (SSSR count). The van der Waals surface area contributed by atoms with Crippen molar-refractivity contribution in [3.05, 3.63) is 60.8 Å². The molecule has 0 saturated carbocycles. The van der Waals surface area contributed by atoms with E-state index in [2.05, 4.69) is 66.4 Å². The number of anilines is 1. The standard InChI is InChI=1S/C17H16N2/c1-19(2)14-8-6-13-7-10-16(15(13)11-9-14)17-5-3-4-12-18-17/h3-12H,1-2H3. The highest BCUT2D eigenvalue weighted by Gasteiger charge is 2.10. The van der Waals surface area contributed by atoms with Crippen molar-refractivity contribution in [2.75, 3.05) is 19.0 Å². The second kappa shape index (κ2) is 4.73. The van der Waals surface area contributed by atoms with Gasteiger partial charge in [0.05, 0.1) is 5.69 Å². The summed E-state index contributed by atoms with van der Waals surface area (Å²) >= 11 is 0. The first-order valence-electron chi connectivity index (χ1n) is 6.37. The molecule has 0 aromatic carbocycles. The molecule has 0 radical (unpaired) electrons. The Labute approximate surface area is 113 Å². The predicted octanol–water partition coefficient (Wildman–Crippen LogP) is 3.92. The fraction of sp³-hybridized carbons (Fsp3) is 0.118. The van der Waals surface area contributed by atoms with E-state index in [0.717, 1.165) is 5.69 Å². The van der Waals surface area contributed by atoms with E-state index in [4.69, 9.17) is 0 Å². The highest BCUT2D eigenvalue weighted by Crippen LogP contribution is 2.34. The summed E-state index contributed by atoms with van der Waals surface area (Å²) in [7, 11) is 4.11. The summed E-state index contributed by atoms with van der Waals surface area (Å²) in [4.78, 5) is 6.55. The Balaban J connectivity index is 2.15. The molecule has 1 aromatic rings. The number of aromatic nitrogens is 1. The average Bonchev–Trinajstić information content (AvgIpc) is 2.71. The largest absolute Gasteiger partial charge is 0.378 e. The highest BCUT2D eigenvalue weighted by atomic mass is 15.1. The predicted molar refractivity (Wildman–Crippen MR) is 80.6 cm³/mol.